The monoisotopic (exact) mass is 553 g/mol. The zero-order valence-electron chi connectivity index (χ0n) is 22.8. The van der Waals surface area contributed by atoms with Crippen molar-refractivity contribution in [2.75, 3.05) is 20.1 Å². The lowest BCUT2D eigenvalue weighted by molar-refractivity contribution is -0.148. The molecule has 0 radical (unpaired) electrons. The van der Waals surface area contributed by atoms with Crippen LogP contribution < -0.4 is 11.1 Å². The van der Waals surface area contributed by atoms with Gasteiger partial charge in [-0.3, -0.25) is 9.79 Å². The molecule has 2 rings (SSSR count). The molecule has 214 valence electrons. The molecule has 11 heteroatoms. The summed E-state index contributed by atoms with van der Waals surface area (Å²) in [5, 5.41) is 3.00. The van der Waals surface area contributed by atoms with Crippen molar-refractivity contribution in [3.8, 4) is 0 Å². The van der Waals surface area contributed by atoms with Crippen molar-refractivity contribution in [1.82, 2.24) is 10.2 Å². The van der Waals surface area contributed by atoms with Crippen LogP contribution in [0.1, 0.15) is 46.1 Å². The molecule has 2 atom stereocenters. The maximum absolute atomic E-state index is 14.7. The quantitative estimate of drug-likeness (QED) is 0.232. The van der Waals surface area contributed by atoms with E-state index in [0.717, 1.165) is 17.2 Å². The van der Waals surface area contributed by atoms with E-state index in [-0.39, 0.29) is 18.1 Å². The molecule has 1 aliphatic heterocycles. The molecule has 1 aliphatic rings. The first kappa shape index (κ1) is 31.7. The van der Waals surface area contributed by atoms with Gasteiger partial charge in [0.2, 0.25) is 0 Å². The van der Waals surface area contributed by atoms with Crippen molar-refractivity contribution in [2.24, 2.45) is 21.6 Å². The number of nitrogens with two attached hydrogens (primary N) is 1. The van der Waals surface area contributed by atoms with Gasteiger partial charge in [0.05, 0.1) is 18.2 Å². The number of carbonyl (C=O) groups excluding carboxylic acids is 1. The molecule has 6 nitrogen and oxygen atoms in total. The fraction of sp³-hybridized carbons (Fsp3) is 0.464. The second-order valence-corrected chi connectivity index (χ2v) is 9.48. The summed E-state index contributed by atoms with van der Waals surface area (Å²) in [4.78, 5) is 22.6. The van der Waals surface area contributed by atoms with Crippen molar-refractivity contribution in [2.45, 2.75) is 58.7 Å². The number of alkyl halides is 5. The van der Waals surface area contributed by atoms with Crippen LogP contribution in [0.25, 0.3) is 5.57 Å². The van der Waals surface area contributed by atoms with Gasteiger partial charge in [-0.2, -0.15) is 13.2 Å². The van der Waals surface area contributed by atoms with Gasteiger partial charge in [-0.1, -0.05) is 50.3 Å². The third-order valence-corrected chi connectivity index (χ3v) is 6.59. The van der Waals surface area contributed by atoms with E-state index in [1.807, 2.05) is 6.92 Å². The highest BCUT2D eigenvalue weighted by Crippen LogP contribution is 2.35. The summed E-state index contributed by atoms with van der Waals surface area (Å²) in [6.07, 6.45) is -1.50. The van der Waals surface area contributed by atoms with Crippen molar-refractivity contribution in [3.05, 3.63) is 64.6 Å². The third kappa shape index (κ3) is 8.49. The number of halogens is 5. The lowest BCUT2D eigenvalue weighted by Gasteiger charge is -2.43. The number of allylic oxidation sites excluding steroid dienone is 4. The maximum atomic E-state index is 14.7. The minimum absolute atomic E-state index is 0.0139. The van der Waals surface area contributed by atoms with Crippen LogP contribution >= 0.6 is 0 Å². The zero-order valence-corrected chi connectivity index (χ0v) is 22.8. The van der Waals surface area contributed by atoms with Gasteiger partial charge in [0.15, 0.2) is 0 Å². The Morgan fingerprint density at radius 1 is 1.23 bits per heavy atom. The van der Waals surface area contributed by atoms with Crippen LogP contribution in [0.15, 0.2) is 69.1 Å². The number of nitrogens with one attached hydrogen (secondary N) is 1. The Kier molecular flexibility index (Phi) is 11.0. The van der Waals surface area contributed by atoms with Gasteiger partial charge in [-0.15, -0.1) is 0 Å². The Hall–Kier alpha value is -3.50. The van der Waals surface area contributed by atoms with Crippen molar-refractivity contribution in [3.63, 3.8) is 0 Å². The molecule has 0 saturated carbocycles. The fourth-order valence-corrected chi connectivity index (χ4v) is 4.32. The van der Waals surface area contributed by atoms with Gasteiger partial charge in [-0.05, 0) is 37.3 Å². The molecule has 2 unspecified atom stereocenters. The van der Waals surface area contributed by atoms with E-state index in [1.165, 1.54) is 20.2 Å². The molecule has 0 aliphatic carbocycles. The molecule has 0 spiro atoms. The number of aliphatic imine (C=N–C) groups is 2. The summed E-state index contributed by atoms with van der Waals surface area (Å²) in [5.41, 5.74) is 6.67. The molecule has 1 aromatic rings. The van der Waals surface area contributed by atoms with Crippen molar-refractivity contribution >= 4 is 23.9 Å². The van der Waals surface area contributed by atoms with E-state index in [0.29, 0.717) is 23.1 Å². The van der Waals surface area contributed by atoms with Gasteiger partial charge >= 0.3 is 6.18 Å². The van der Waals surface area contributed by atoms with E-state index in [4.69, 9.17) is 5.73 Å². The fourth-order valence-electron chi connectivity index (χ4n) is 4.32. The topological polar surface area (TPSA) is 83.1 Å². The zero-order chi connectivity index (χ0) is 29.4. The van der Waals surface area contributed by atoms with E-state index < -0.39 is 48.5 Å². The molecule has 1 aromatic carbocycles. The predicted molar refractivity (Wildman–Crippen MR) is 145 cm³/mol. The van der Waals surface area contributed by atoms with Crippen LogP contribution in [-0.4, -0.2) is 61.5 Å². The highest BCUT2D eigenvalue weighted by atomic mass is 19.4. The number of rotatable bonds is 9. The van der Waals surface area contributed by atoms with Gasteiger partial charge in [0.25, 0.3) is 11.8 Å². The van der Waals surface area contributed by atoms with Crippen LogP contribution in [0, 0.1) is 5.92 Å². The summed E-state index contributed by atoms with van der Waals surface area (Å²) in [7, 11) is 1.51. The molecule has 39 heavy (non-hydrogen) atoms. The van der Waals surface area contributed by atoms with E-state index >= 15 is 0 Å². The second kappa shape index (κ2) is 13.5. The van der Waals surface area contributed by atoms with E-state index in [2.05, 4.69) is 15.3 Å². The van der Waals surface area contributed by atoms with E-state index in [9.17, 15) is 26.7 Å². The Labute approximate surface area is 226 Å². The van der Waals surface area contributed by atoms with Gasteiger partial charge in [0.1, 0.15) is 11.5 Å². The predicted octanol–water partition coefficient (Wildman–Crippen LogP) is 5.74. The Bertz CT molecular complexity index is 1150. The van der Waals surface area contributed by atoms with Crippen LogP contribution in [0.4, 0.5) is 22.0 Å². The smallest absolute Gasteiger partial charge is 0.394 e. The van der Waals surface area contributed by atoms with Crippen LogP contribution in [0.5, 0.6) is 0 Å². The molecule has 1 heterocycles. The molecule has 0 aromatic heterocycles. The molecular weight excluding hydrogens is 517 g/mol. The Morgan fingerprint density at radius 2 is 1.87 bits per heavy atom. The molecule has 1 amide bonds. The lowest BCUT2D eigenvalue weighted by atomic mass is 9.87. The lowest BCUT2D eigenvalue weighted by Crippen LogP contribution is -2.59. The van der Waals surface area contributed by atoms with Crippen LogP contribution in [-0.2, 0) is 4.79 Å². The third-order valence-electron chi connectivity index (χ3n) is 6.59. The normalized spacial score (nSPS) is 21.7. The number of benzene rings is 1. The number of amides is 1. The number of piperidine rings is 1. The molecular formula is C28H36F5N5O. The first-order valence-corrected chi connectivity index (χ1v) is 12.6. The maximum Gasteiger partial charge on any atom is 0.417 e. The SMILES string of the molecule is C\C=C(/C=N\C(NCC1C(C)CC(F)(F)CN1C(=O)C(N)=C(C=NC)c1ccccc1)=C(\C)CC)C(F)(F)F. The van der Waals surface area contributed by atoms with Gasteiger partial charge in [0, 0.05) is 38.0 Å². The van der Waals surface area contributed by atoms with Crippen molar-refractivity contribution < 1.29 is 26.7 Å². The number of likely N-dealkylation sites (tertiary alicyclic amines) is 1. The number of nitrogens with zero attached hydrogens (tertiary/aromatic N) is 3. The van der Waals surface area contributed by atoms with E-state index in [1.54, 1.807) is 44.2 Å². The second-order valence-electron chi connectivity index (χ2n) is 9.48. The van der Waals surface area contributed by atoms with Crippen LogP contribution in [0.2, 0.25) is 0 Å². The standard InChI is InChI=1S/C28H36F5N5O/c1-6-18(3)25(36-14-21(7-2)28(31,32)33)37-16-23-19(4)13-27(29,30)17-38(23)26(39)24(34)22(15-35-5)20-11-9-8-10-12-20/h7-12,14-15,19,23,37H,6,13,16-17,34H2,1-5H3/b21-7+,24-22?,25-18+,35-15?,36-14-. The molecule has 3 N–H and O–H groups in total. The number of carbonyl (C=O) groups is 1. The largest absolute Gasteiger partial charge is 0.417 e. The average molecular weight is 554 g/mol. The molecule has 1 saturated heterocycles. The highest BCUT2D eigenvalue weighted by Gasteiger charge is 2.46. The van der Waals surface area contributed by atoms with Gasteiger partial charge in [-0.25, -0.2) is 13.8 Å². The molecule has 1 fully saturated rings. The first-order valence-electron chi connectivity index (χ1n) is 12.6. The number of hydrogen-bond acceptors (Lipinski definition) is 5. The Morgan fingerprint density at radius 3 is 2.41 bits per heavy atom. The minimum atomic E-state index is -4.57. The highest BCUT2D eigenvalue weighted by molar-refractivity contribution is 6.18. The summed E-state index contributed by atoms with van der Waals surface area (Å²) < 4.78 is 68.9. The summed E-state index contributed by atoms with van der Waals surface area (Å²) in [6, 6.07) is 8.02. The summed E-state index contributed by atoms with van der Waals surface area (Å²) in [6.45, 7) is 5.53. The van der Waals surface area contributed by atoms with Gasteiger partial charge < -0.3 is 16.0 Å². The first-order chi connectivity index (χ1) is 18.3. The molecule has 0 bridgehead atoms. The summed E-state index contributed by atoms with van der Waals surface area (Å²) >= 11 is 0. The van der Waals surface area contributed by atoms with Crippen LogP contribution in [0.3, 0.4) is 0 Å². The average Bonchev–Trinajstić information content (AvgIpc) is 2.87. The van der Waals surface area contributed by atoms with Crippen molar-refractivity contribution in [1.29, 1.82) is 0 Å². The minimum Gasteiger partial charge on any atom is -0.394 e. The summed E-state index contributed by atoms with van der Waals surface area (Å²) in [5.74, 6) is -4.38. The number of hydrogen-bond donors (Lipinski definition) is 2. The Balaban J connectivity index is 2.44.